The first-order chi connectivity index (χ1) is 8.93. The highest BCUT2D eigenvalue weighted by Crippen LogP contribution is 2.13. The van der Waals surface area contributed by atoms with Crippen LogP contribution in [-0.2, 0) is 9.53 Å². The molecule has 0 spiro atoms. The van der Waals surface area contributed by atoms with Crippen molar-refractivity contribution in [1.82, 2.24) is 9.97 Å². The lowest BCUT2D eigenvalue weighted by Crippen LogP contribution is -2.29. The highest BCUT2D eigenvalue weighted by atomic mass is 16.5. The van der Waals surface area contributed by atoms with E-state index in [9.17, 15) is 9.59 Å². The van der Waals surface area contributed by atoms with Crippen molar-refractivity contribution in [3.8, 4) is 0 Å². The number of anilines is 1. The monoisotopic (exact) mass is 267 g/mol. The first-order valence-corrected chi connectivity index (χ1v) is 5.83. The number of aliphatic carboxylic acids is 1. The summed E-state index contributed by atoms with van der Waals surface area (Å²) in [5.74, 6) is -1.09. The minimum absolute atomic E-state index is 0.0325. The first kappa shape index (κ1) is 14.9. The van der Waals surface area contributed by atoms with Crippen LogP contribution in [-0.4, -0.2) is 40.2 Å². The Morgan fingerprint density at radius 1 is 1.47 bits per heavy atom. The number of carbonyl (C=O) groups excluding carboxylic acids is 1. The SMILES string of the molecule is COC(=O)c1nccc(NC(CC(=O)O)C(C)C)n1. The van der Waals surface area contributed by atoms with Crippen molar-refractivity contribution in [2.45, 2.75) is 26.3 Å². The summed E-state index contributed by atoms with van der Waals surface area (Å²) in [5, 5.41) is 11.8. The van der Waals surface area contributed by atoms with Gasteiger partial charge in [0.25, 0.3) is 0 Å². The molecule has 1 aromatic heterocycles. The molecule has 1 rings (SSSR count). The Labute approximate surface area is 111 Å². The van der Waals surface area contributed by atoms with E-state index in [2.05, 4.69) is 20.0 Å². The summed E-state index contributed by atoms with van der Waals surface area (Å²) < 4.78 is 4.52. The summed E-state index contributed by atoms with van der Waals surface area (Å²) in [6.07, 6.45) is 1.38. The van der Waals surface area contributed by atoms with Crippen LogP contribution in [0.15, 0.2) is 12.3 Å². The minimum atomic E-state index is -0.895. The lowest BCUT2D eigenvalue weighted by atomic mass is 10.0. The molecule has 0 fully saturated rings. The molecule has 1 heterocycles. The number of rotatable bonds is 6. The van der Waals surface area contributed by atoms with Gasteiger partial charge in [0.15, 0.2) is 0 Å². The number of methoxy groups -OCH3 is 1. The van der Waals surface area contributed by atoms with E-state index in [1.807, 2.05) is 13.8 Å². The van der Waals surface area contributed by atoms with Crippen LogP contribution in [0.4, 0.5) is 5.82 Å². The summed E-state index contributed by atoms with van der Waals surface area (Å²) >= 11 is 0. The zero-order valence-corrected chi connectivity index (χ0v) is 11.1. The summed E-state index contributed by atoms with van der Waals surface area (Å²) in [6, 6.07) is 1.29. The molecule has 0 aliphatic rings. The smallest absolute Gasteiger partial charge is 0.376 e. The van der Waals surface area contributed by atoms with E-state index >= 15 is 0 Å². The summed E-state index contributed by atoms with van der Waals surface area (Å²) in [5.41, 5.74) is 0. The molecule has 2 N–H and O–H groups in total. The maximum Gasteiger partial charge on any atom is 0.376 e. The molecule has 7 nitrogen and oxygen atoms in total. The highest BCUT2D eigenvalue weighted by Gasteiger charge is 2.18. The quantitative estimate of drug-likeness (QED) is 0.746. The third-order valence-electron chi connectivity index (χ3n) is 2.56. The van der Waals surface area contributed by atoms with E-state index < -0.39 is 11.9 Å². The number of hydrogen-bond acceptors (Lipinski definition) is 6. The minimum Gasteiger partial charge on any atom is -0.481 e. The molecule has 1 aromatic rings. The lowest BCUT2D eigenvalue weighted by molar-refractivity contribution is -0.137. The molecule has 104 valence electrons. The fourth-order valence-corrected chi connectivity index (χ4v) is 1.46. The molecule has 0 saturated heterocycles. The second-order valence-corrected chi connectivity index (χ2v) is 4.35. The van der Waals surface area contributed by atoms with Crippen molar-refractivity contribution in [1.29, 1.82) is 0 Å². The van der Waals surface area contributed by atoms with E-state index in [0.29, 0.717) is 5.82 Å². The maximum absolute atomic E-state index is 11.3. The molecule has 0 radical (unpaired) electrons. The summed E-state index contributed by atoms with van der Waals surface area (Å²) in [4.78, 5) is 29.8. The molecule has 19 heavy (non-hydrogen) atoms. The molecular formula is C12H17N3O4. The van der Waals surface area contributed by atoms with Gasteiger partial charge in [-0.2, -0.15) is 0 Å². The summed E-state index contributed by atoms with van der Waals surface area (Å²) in [7, 11) is 1.24. The van der Waals surface area contributed by atoms with Crippen LogP contribution < -0.4 is 5.32 Å². The van der Waals surface area contributed by atoms with E-state index in [1.54, 1.807) is 6.07 Å². The van der Waals surface area contributed by atoms with Gasteiger partial charge >= 0.3 is 11.9 Å². The van der Waals surface area contributed by atoms with Crippen molar-refractivity contribution in [3.05, 3.63) is 18.1 Å². The van der Waals surface area contributed by atoms with E-state index in [4.69, 9.17) is 5.11 Å². The van der Waals surface area contributed by atoms with Gasteiger partial charge in [0.05, 0.1) is 13.5 Å². The maximum atomic E-state index is 11.3. The van der Waals surface area contributed by atoms with Gasteiger partial charge in [-0.3, -0.25) is 4.79 Å². The third-order valence-corrected chi connectivity index (χ3v) is 2.56. The Kier molecular flexibility index (Phi) is 5.23. The first-order valence-electron chi connectivity index (χ1n) is 5.83. The van der Waals surface area contributed by atoms with Crippen molar-refractivity contribution < 1.29 is 19.4 Å². The molecule has 7 heteroatoms. The van der Waals surface area contributed by atoms with E-state index in [0.717, 1.165) is 0 Å². The number of carbonyl (C=O) groups is 2. The number of hydrogen-bond donors (Lipinski definition) is 2. The predicted octanol–water partition coefficient (Wildman–Crippen LogP) is 1.17. The number of ether oxygens (including phenoxy) is 1. The molecule has 0 amide bonds. The van der Waals surface area contributed by atoms with Crippen molar-refractivity contribution in [2.24, 2.45) is 5.92 Å². The fourth-order valence-electron chi connectivity index (χ4n) is 1.46. The van der Waals surface area contributed by atoms with Gasteiger partial charge in [-0.25, -0.2) is 14.8 Å². The molecule has 0 saturated carbocycles. The summed E-state index contributed by atoms with van der Waals surface area (Å²) in [6.45, 7) is 3.81. The molecule has 0 aliphatic carbocycles. The second-order valence-electron chi connectivity index (χ2n) is 4.35. The zero-order valence-electron chi connectivity index (χ0n) is 11.1. The number of esters is 1. The Morgan fingerprint density at radius 2 is 2.16 bits per heavy atom. The van der Waals surface area contributed by atoms with Crippen molar-refractivity contribution >= 4 is 17.8 Å². The fraction of sp³-hybridized carbons (Fsp3) is 0.500. The van der Waals surface area contributed by atoms with Crippen LogP contribution >= 0.6 is 0 Å². The van der Waals surface area contributed by atoms with Gasteiger partial charge < -0.3 is 15.2 Å². The van der Waals surface area contributed by atoms with Crippen LogP contribution in [0.2, 0.25) is 0 Å². The molecule has 1 atom stereocenters. The Hall–Kier alpha value is -2.18. The number of carboxylic acid groups (broad SMARTS) is 1. The number of aromatic nitrogens is 2. The van der Waals surface area contributed by atoms with Crippen molar-refractivity contribution in [3.63, 3.8) is 0 Å². The highest BCUT2D eigenvalue weighted by molar-refractivity contribution is 5.85. The average Bonchev–Trinajstić information content (AvgIpc) is 2.36. The lowest BCUT2D eigenvalue weighted by Gasteiger charge is -2.21. The Bertz CT molecular complexity index is 462. The second kappa shape index (κ2) is 6.67. The number of nitrogens with zero attached hydrogens (tertiary/aromatic N) is 2. The van der Waals surface area contributed by atoms with Gasteiger partial charge in [0.2, 0.25) is 5.82 Å². The van der Waals surface area contributed by atoms with Crippen LogP contribution in [0.1, 0.15) is 30.9 Å². The van der Waals surface area contributed by atoms with Crippen molar-refractivity contribution in [2.75, 3.05) is 12.4 Å². The molecular weight excluding hydrogens is 250 g/mol. The van der Waals surface area contributed by atoms with E-state index in [1.165, 1.54) is 13.3 Å². The number of nitrogens with one attached hydrogen (secondary N) is 1. The van der Waals surface area contributed by atoms with Crippen LogP contribution in [0, 0.1) is 5.92 Å². The number of carboxylic acids is 1. The standard InChI is InChI=1S/C12H17N3O4/c1-7(2)8(6-10(16)17)14-9-4-5-13-11(15-9)12(18)19-3/h4-5,7-8H,6H2,1-3H3,(H,16,17)(H,13,14,15). The normalized spacial score (nSPS) is 12.0. The van der Waals surface area contributed by atoms with Crippen LogP contribution in [0.25, 0.3) is 0 Å². The van der Waals surface area contributed by atoms with Gasteiger partial charge in [0, 0.05) is 12.2 Å². The van der Waals surface area contributed by atoms with Crippen LogP contribution in [0.3, 0.4) is 0 Å². The average molecular weight is 267 g/mol. The predicted molar refractivity (Wildman–Crippen MR) is 67.9 cm³/mol. The van der Waals surface area contributed by atoms with Crippen LogP contribution in [0.5, 0.6) is 0 Å². The zero-order chi connectivity index (χ0) is 14.4. The molecule has 0 aliphatic heterocycles. The largest absolute Gasteiger partial charge is 0.481 e. The Balaban J connectivity index is 2.84. The van der Waals surface area contributed by atoms with Gasteiger partial charge in [-0.05, 0) is 12.0 Å². The molecule has 1 unspecified atom stereocenters. The molecule has 0 bridgehead atoms. The van der Waals surface area contributed by atoms with Gasteiger partial charge in [0.1, 0.15) is 5.82 Å². The van der Waals surface area contributed by atoms with Gasteiger partial charge in [-0.15, -0.1) is 0 Å². The van der Waals surface area contributed by atoms with E-state index in [-0.39, 0.29) is 24.2 Å². The third kappa shape index (κ3) is 4.53. The Morgan fingerprint density at radius 3 is 2.68 bits per heavy atom. The van der Waals surface area contributed by atoms with Gasteiger partial charge in [-0.1, -0.05) is 13.8 Å². The molecule has 0 aromatic carbocycles. The topological polar surface area (TPSA) is 101 Å².